The Morgan fingerprint density at radius 1 is 1.32 bits per heavy atom. The molecule has 1 heterocycles. The van der Waals surface area contributed by atoms with E-state index in [2.05, 4.69) is 10.6 Å². The molecule has 2 amide bonds. The molecule has 4 N–H and O–H groups in total. The Balaban J connectivity index is 0.00000180. The van der Waals surface area contributed by atoms with Crippen LogP contribution in [0.15, 0.2) is 24.3 Å². The first-order valence-electron chi connectivity index (χ1n) is 6.06. The summed E-state index contributed by atoms with van der Waals surface area (Å²) in [6, 6.07) is 7.07. The lowest BCUT2D eigenvalue weighted by Crippen LogP contribution is -2.35. The molecule has 0 radical (unpaired) electrons. The van der Waals surface area contributed by atoms with Crippen LogP contribution in [-0.2, 0) is 16.0 Å². The third kappa shape index (κ3) is 4.54. The van der Waals surface area contributed by atoms with E-state index in [1.54, 1.807) is 24.3 Å². The predicted octanol–water partition coefficient (Wildman–Crippen LogP) is 0.827. The Bertz CT molecular complexity index is 442. The summed E-state index contributed by atoms with van der Waals surface area (Å²) >= 11 is 0. The van der Waals surface area contributed by atoms with Gasteiger partial charge >= 0.3 is 0 Å². The SMILES string of the molecule is Cl.NC(=O)Cc1ccc(NC(=O)[C@@H]2CCCN2)cc1. The van der Waals surface area contributed by atoms with Crippen molar-refractivity contribution < 1.29 is 9.59 Å². The van der Waals surface area contributed by atoms with Gasteiger partial charge in [0.15, 0.2) is 0 Å². The first kappa shape index (κ1) is 15.5. The van der Waals surface area contributed by atoms with Gasteiger partial charge in [-0.15, -0.1) is 12.4 Å². The Hall–Kier alpha value is -1.59. The second-order valence-electron chi connectivity index (χ2n) is 4.48. The number of carbonyl (C=O) groups excluding carboxylic acids is 2. The van der Waals surface area contributed by atoms with E-state index in [0.717, 1.165) is 30.6 Å². The fourth-order valence-electron chi connectivity index (χ4n) is 2.04. The van der Waals surface area contributed by atoms with Gasteiger partial charge in [0.05, 0.1) is 12.5 Å². The molecular weight excluding hydrogens is 266 g/mol. The number of hydrogen-bond donors (Lipinski definition) is 3. The number of benzene rings is 1. The molecule has 0 aliphatic carbocycles. The minimum Gasteiger partial charge on any atom is -0.369 e. The minimum absolute atomic E-state index is 0. The molecule has 2 rings (SSSR count). The molecule has 0 spiro atoms. The van der Waals surface area contributed by atoms with Crippen LogP contribution in [0.2, 0.25) is 0 Å². The van der Waals surface area contributed by atoms with Gasteiger partial charge in [-0.25, -0.2) is 0 Å². The Morgan fingerprint density at radius 3 is 2.53 bits per heavy atom. The van der Waals surface area contributed by atoms with E-state index in [9.17, 15) is 9.59 Å². The molecule has 0 bridgehead atoms. The smallest absolute Gasteiger partial charge is 0.241 e. The van der Waals surface area contributed by atoms with Crippen molar-refractivity contribution in [1.29, 1.82) is 0 Å². The monoisotopic (exact) mass is 283 g/mol. The van der Waals surface area contributed by atoms with Gasteiger partial charge in [0.2, 0.25) is 11.8 Å². The largest absolute Gasteiger partial charge is 0.369 e. The highest BCUT2D eigenvalue weighted by Crippen LogP contribution is 2.12. The third-order valence-corrected chi connectivity index (χ3v) is 2.98. The van der Waals surface area contributed by atoms with Crippen molar-refractivity contribution in [3.63, 3.8) is 0 Å². The van der Waals surface area contributed by atoms with Crippen LogP contribution in [0.4, 0.5) is 5.69 Å². The highest BCUT2D eigenvalue weighted by atomic mass is 35.5. The number of primary amides is 1. The van der Waals surface area contributed by atoms with E-state index < -0.39 is 0 Å². The van der Waals surface area contributed by atoms with Crippen LogP contribution >= 0.6 is 12.4 Å². The van der Waals surface area contributed by atoms with Crippen LogP contribution < -0.4 is 16.4 Å². The van der Waals surface area contributed by atoms with Gasteiger partial charge in [0.1, 0.15) is 0 Å². The molecule has 104 valence electrons. The number of rotatable bonds is 4. The number of carbonyl (C=O) groups is 2. The Kier molecular flexibility index (Phi) is 5.79. The molecule has 5 nitrogen and oxygen atoms in total. The van der Waals surface area contributed by atoms with Crippen molar-refractivity contribution in [2.45, 2.75) is 25.3 Å². The third-order valence-electron chi connectivity index (χ3n) is 2.98. The maximum absolute atomic E-state index is 11.8. The van der Waals surface area contributed by atoms with Gasteiger partial charge in [-0.05, 0) is 37.1 Å². The lowest BCUT2D eigenvalue weighted by Gasteiger charge is -2.11. The van der Waals surface area contributed by atoms with E-state index in [0.29, 0.717) is 0 Å². The highest BCUT2D eigenvalue weighted by molar-refractivity contribution is 5.95. The lowest BCUT2D eigenvalue weighted by atomic mass is 10.1. The Morgan fingerprint density at radius 2 is 2.00 bits per heavy atom. The number of hydrogen-bond acceptors (Lipinski definition) is 3. The number of halogens is 1. The molecular formula is C13H18ClN3O2. The average Bonchev–Trinajstić information content (AvgIpc) is 2.84. The standard InChI is InChI=1S/C13H17N3O2.ClH/c14-12(17)8-9-3-5-10(6-4-9)16-13(18)11-2-1-7-15-11;/h3-6,11,15H,1-2,7-8H2,(H2,14,17)(H,16,18);1H/t11-;/m0./s1. The van der Waals surface area contributed by atoms with Crippen LogP contribution in [0.5, 0.6) is 0 Å². The van der Waals surface area contributed by atoms with Gasteiger partial charge in [0, 0.05) is 5.69 Å². The van der Waals surface area contributed by atoms with Crippen LogP contribution in [0.1, 0.15) is 18.4 Å². The number of anilines is 1. The zero-order valence-corrected chi connectivity index (χ0v) is 11.3. The fourth-order valence-corrected chi connectivity index (χ4v) is 2.04. The molecule has 0 unspecified atom stereocenters. The van der Waals surface area contributed by atoms with Gasteiger partial charge in [-0.2, -0.15) is 0 Å². The summed E-state index contributed by atoms with van der Waals surface area (Å²) in [6.45, 7) is 0.898. The summed E-state index contributed by atoms with van der Waals surface area (Å²) < 4.78 is 0. The summed E-state index contributed by atoms with van der Waals surface area (Å²) in [7, 11) is 0. The molecule has 19 heavy (non-hydrogen) atoms. The van der Waals surface area contributed by atoms with Crippen molar-refractivity contribution >= 4 is 29.9 Å². The summed E-state index contributed by atoms with van der Waals surface area (Å²) in [5.74, 6) is -0.364. The number of nitrogens with two attached hydrogens (primary N) is 1. The fraction of sp³-hybridized carbons (Fsp3) is 0.385. The molecule has 1 aromatic carbocycles. The van der Waals surface area contributed by atoms with Crippen molar-refractivity contribution in [1.82, 2.24) is 5.32 Å². The summed E-state index contributed by atoms with van der Waals surface area (Å²) in [5, 5.41) is 5.99. The second-order valence-corrected chi connectivity index (χ2v) is 4.48. The molecule has 1 aromatic rings. The number of amides is 2. The van der Waals surface area contributed by atoms with Crippen molar-refractivity contribution in [2.24, 2.45) is 5.73 Å². The summed E-state index contributed by atoms with van der Waals surface area (Å²) in [4.78, 5) is 22.6. The van der Waals surface area contributed by atoms with Crippen molar-refractivity contribution in [2.75, 3.05) is 11.9 Å². The van der Waals surface area contributed by atoms with Crippen LogP contribution in [0.3, 0.4) is 0 Å². The molecule has 1 aliphatic rings. The topological polar surface area (TPSA) is 84.2 Å². The second kappa shape index (κ2) is 7.11. The quantitative estimate of drug-likeness (QED) is 0.765. The summed E-state index contributed by atoms with van der Waals surface area (Å²) in [5.41, 5.74) is 6.69. The molecule has 6 heteroatoms. The molecule has 1 atom stereocenters. The van der Waals surface area contributed by atoms with Crippen molar-refractivity contribution in [3.8, 4) is 0 Å². The molecule has 1 aliphatic heterocycles. The minimum atomic E-state index is -0.359. The molecule has 1 saturated heterocycles. The normalized spacial score (nSPS) is 17.6. The Labute approximate surface area is 118 Å². The van der Waals surface area contributed by atoms with Gasteiger partial charge in [0.25, 0.3) is 0 Å². The van der Waals surface area contributed by atoms with E-state index in [1.807, 2.05) is 0 Å². The van der Waals surface area contributed by atoms with Gasteiger partial charge in [-0.1, -0.05) is 12.1 Å². The van der Waals surface area contributed by atoms with Gasteiger partial charge < -0.3 is 16.4 Å². The zero-order valence-electron chi connectivity index (χ0n) is 10.5. The highest BCUT2D eigenvalue weighted by Gasteiger charge is 2.21. The number of nitrogens with one attached hydrogen (secondary N) is 2. The first-order valence-corrected chi connectivity index (χ1v) is 6.06. The maximum Gasteiger partial charge on any atom is 0.241 e. The van der Waals surface area contributed by atoms with Crippen LogP contribution in [0, 0.1) is 0 Å². The van der Waals surface area contributed by atoms with E-state index in [4.69, 9.17) is 5.73 Å². The first-order chi connectivity index (χ1) is 8.65. The van der Waals surface area contributed by atoms with Crippen LogP contribution in [-0.4, -0.2) is 24.4 Å². The van der Waals surface area contributed by atoms with E-state index >= 15 is 0 Å². The van der Waals surface area contributed by atoms with E-state index in [-0.39, 0.29) is 36.7 Å². The predicted molar refractivity (Wildman–Crippen MR) is 76.2 cm³/mol. The van der Waals surface area contributed by atoms with Crippen molar-refractivity contribution in [3.05, 3.63) is 29.8 Å². The van der Waals surface area contributed by atoms with Gasteiger partial charge in [-0.3, -0.25) is 9.59 Å². The molecule has 0 aromatic heterocycles. The zero-order chi connectivity index (χ0) is 13.0. The molecule has 1 fully saturated rings. The summed E-state index contributed by atoms with van der Waals surface area (Å²) in [6.07, 6.45) is 2.14. The molecule has 0 saturated carbocycles. The maximum atomic E-state index is 11.8. The van der Waals surface area contributed by atoms with E-state index in [1.165, 1.54) is 0 Å². The van der Waals surface area contributed by atoms with Crippen LogP contribution in [0.25, 0.3) is 0 Å². The lowest BCUT2D eigenvalue weighted by molar-refractivity contribution is -0.118. The average molecular weight is 284 g/mol.